The van der Waals surface area contributed by atoms with Crippen molar-refractivity contribution in [1.82, 2.24) is 10.2 Å². The number of hydrogen-bond donors (Lipinski definition) is 1. The second kappa shape index (κ2) is 11.3. The van der Waals surface area contributed by atoms with Crippen molar-refractivity contribution in [2.75, 3.05) is 13.7 Å². The van der Waals surface area contributed by atoms with Crippen molar-refractivity contribution in [3.63, 3.8) is 0 Å². The van der Waals surface area contributed by atoms with Crippen molar-refractivity contribution in [3.8, 4) is 5.75 Å². The van der Waals surface area contributed by atoms with Gasteiger partial charge < -0.3 is 15.0 Å². The number of nitrogens with zero attached hydrogens (tertiary/aromatic N) is 1. The van der Waals surface area contributed by atoms with E-state index in [1.807, 2.05) is 61.5 Å². The fourth-order valence-electron chi connectivity index (χ4n) is 3.49. The molecule has 0 aliphatic carbocycles. The Bertz CT molecular complexity index is 1040. The predicted molar refractivity (Wildman–Crippen MR) is 127 cm³/mol. The van der Waals surface area contributed by atoms with Crippen LogP contribution in [0, 0.1) is 6.92 Å². The molecule has 0 spiro atoms. The standard InChI is InChI=1S/C26H27ClN2O3/c1-19-7-6-10-21(15-19)17-29(25(30)18-32-23-13-11-22(27)12-14-23)24(26(31)28-2)16-20-8-4-3-5-9-20/h3-15,24H,16-18H2,1-2H3,(H,28,31). The highest BCUT2D eigenvalue weighted by Gasteiger charge is 2.30. The van der Waals surface area contributed by atoms with E-state index in [0.717, 1.165) is 16.7 Å². The van der Waals surface area contributed by atoms with Crippen molar-refractivity contribution in [3.05, 3.63) is 101 Å². The zero-order chi connectivity index (χ0) is 22.9. The first-order valence-corrected chi connectivity index (χ1v) is 10.8. The highest BCUT2D eigenvalue weighted by Crippen LogP contribution is 2.18. The number of amides is 2. The van der Waals surface area contributed by atoms with E-state index in [0.29, 0.717) is 23.7 Å². The minimum Gasteiger partial charge on any atom is -0.484 e. The molecule has 3 aromatic carbocycles. The van der Waals surface area contributed by atoms with Crippen LogP contribution in [0.2, 0.25) is 5.02 Å². The fraction of sp³-hybridized carbons (Fsp3) is 0.231. The number of halogens is 1. The summed E-state index contributed by atoms with van der Waals surface area (Å²) in [6.45, 7) is 2.12. The lowest BCUT2D eigenvalue weighted by Gasteiger charge is -2.31. The molecule has 5 nitrogen and oxygen atoms in total. The number of rotatable bonds is 9. The maximum atomic E-state index is 13.3. The van der Waals surface area contributed by atoms with Crippen LogP contribution >= 0.6 is 11.6 Å². The number of ether oxygens (including phenoxy) is 1. The number of benzene rings is 3. The van der Waals surface area contributed by atoms with E-state index in [4.69, 9.17) is 16.3 Å². The molecule has 3 aromatic rings. The molecule has 0 radical (unpaired) electrons. The van der Waals surface area contributed by atoms with Crippen molar-refractivity contribution in [2.45, 2.75) is 25.9 Å². The summed E-state index contributed by atoms with van der Waals surface area (Å²) in [6.07, 6.45) is 0.402. The first-order chi connectivity index (χ1) is 15.5. The van der Waals surface area contributed by atoms with E-state index in [1.165, 1.54) is 0 Å². The van der Waals surface area contributed by atoms with E-state index in [-0.39, 0.29) is 18.4 Å². The molecule has 1 N–H and O–H groups in total. The molecule has 2 amide bonds. The summed E-state index contributed by atoms with van der Waals surface area (Å²) in [5.74, 6) is 0.0464. The molecule has 0 heterocycles. The first-order valence-electron chi connectivity index (χ1n) is 10.4. The van der Waals surface area contributed by atoms with Crippen LogP contribution in [-0.4, -0.2) is 36.4 Å². The lowest BCUT2D eigenvalue weighted by Crippen LogP contribution is -2.51. The van der Waals surface area contributed by atoms with Crippen LogP contribution in [0.1, 0.15) is 16.7 Å². The van der Waals surface area contributed by atoms with Gasteiger partial charge in [0.15, 0.2) is 6.61 Å². The number of carbonyl (C=O) groups is 2. The van der Waals surface area contributed by atoms with Crippen LogP contribution in [0.4, 0.5) is 0 Å². The van der Waals surface area contributed by atoms with Crippen LogP contribution in [0.3, 0.4) is 0 Å². The summed E-state index contributed by atoms with van der Waals surface area (Å²) >= 11 is 5.92. The molecule has 1 atom stereocenters. The Labute approximate surface area is 194 Å². The molecule has 32 heavy (non-hydrogen) atoms. The Morgan fingerprint density at radius 1 is 0.969 bits per heavy atom. The smallest absolute Gasteiger partial charge is 0.261 e. The van der Waals surface area contributed by atoms with E-state index in [9.17, 15) is 9.59 Å². The zero-order valence-corrected chi connectivity index (χ0v) is 19.0. The molecule has 3 rings (SSSR count). The summed E-state index contributed by atoms with van der Waals surface area (Å²) in [5.41, 5.74) is 3.01. The third kappa shape index (κ3) is 6.59. The Hall–Kier alpha value is -3.31. The number of aryl methyl sites for hydroxylation is 1. The molecular weight excluding hydrogens is 424 g/mol. The summed E-state index contributed by atoms with van der Waals surface area (Å²) in [4.78, 5) is 27.8. The Kier molecular flexibility index (Phi) is 8.28. The van der Waals surface area contributed by atoms with Gasteiger partial charge in [0.2, 0.25) is 5.91 Å². The van der Waals surface area contributed by atoms with E-state index < -0.39 is 6.04 Å². The second-order valence-electron chi connectivity index (χ2n) is 7.57. The van der Waals surface area contributed by atoms with Crippen molar-refractivity contribution in [1.29, 1.82) is 0 Å². The minimum absolute atomic E-state index is 0.185. The van der Waals surface area contributed by atoms with E-state index >= 15 is 0 Å². The van der Waals surface area contributed by atoms with Crippen molar-refractivity contribution < 1.29 is 14.3 Å². The molecule has 0 saturated heterocycles. The quantitative estimate of drug-likeness (QED) is 0.525. The Morgan fingerprint density at radius 2 is 1.66 bits per heavy atom. The molecule has 0 bridgehead atoms. The van der Waals surface area contributed by atoms with Gasteiger partial charge in [0.1, 0.15) is 11.8 Å². The van der Waals surface area contributed by atoms with Crippen LogP contribution < -0.4 is 10.1 Å². The average Bonchev–Trinajstić information content (AvgIpc) is 2.81. The molecule has 0 aliphatic rings. The second-order valence-corrected chi connectivity index (χ2v) is 8.01. The predicted octanol–water partition coefficient (Wildman–Crippen LogP) is 4.41. The van der Waals surface area contributed by atoms with E-state index in [1.54, 1.807) is 36.2 Å². The van der Waals surface area contributed by atoms with Crippen LogP contribution in [0.15, 0.2) is 78.9 Å². The maximum absolute atomic E-state index is 13.3. The number of carbonyl (C=O) groups excluding carboxylic acids is 2. The van der Waals surface area contributed by atoms with Gasteiger partial charge >= 0.3 is 0 Å². The number of hydrogen-bond acceptors (Lipinski definition) is 3. The molecule has 0 aromatic heterocycles. The third-order valence-corrected chi connectivity index (χ3v) is 5.38. The van der Waals surface area contributed by atoms with Crippen LogP contribution in [0.5, 0.6) is 5.75 Å². The van der Waals surface area contributed by atoms with Crippen LogP contribution in [0.25, 0.3) is 0 Å². The van der Waals surface area contributed by atoms with Gasteiger partial charge in [0.25, 0.3) is 5.91 Å². The number of likely N-dealkylation sites (N-methyl/N-ethyl adjacent to an activating group) is 1. The highest BCUT2D eigenvalue weighted by molar-refractivity contribution is 6.30. The number of nitrogens with one attached hydrogen (secondary N) is 1. The highest BCUT2D eigenvalue weighted by atomic mass is 35.5. The summed E-state index contributed by atoms with van der Waals surface area (Å²) < 4.78 is 5.70. The van der Waals surface area contributed by atoms with E-state index in [2.05, 4.69) is 5.32 Å². The third-order valence-electron chi connectivity index (χ3n) is 5.13. The molecule has 0 saturated carbocycles. The lowest BCUT2D eigenvalue weighted by molar-refractivity contribution is -0.142. The molecule has 1 unspecified atom stereocenters. The van der Waals surface area contributed by atoms with Crippen LogP contribution in [-0.2, 0) is 22.6 Å². The molecule has 0 fully saturated rings. The van der Waals surface area contributed by atoms with Gasteiger partial charge in [-0.2, -0.15) is 0 Å². The van der Waals surface area contributed by atoms with Gasteiger partial charge in [-0.3, -0.25) is 9.59 Å². The summed E-state index contributed by atoms with van der Waals surface area (Å²) in [6, 6.07) is 23.7. The minimum atomic E-state index is -0.677. The summed E-state index contributed by atoms with van der Waals surface area (Å²) in [5, 5.41) is 3.30. The van der Waals surface area contributed by atoms with Gasteiger partial charge in [0, 0.05) is 25.0 Å². The fourth-order valence-corrected chi connectivity index (χ4v) is 3.61. The first kappa shape index (κ1) is 23.4. The van der Waals surface area contributed by atoms with Gasteiger partial charge in [-0.15, -0.1) is 0 Å². The molecule has 6 heteroatoms. The van der Waals surface area contributed by atoms with Gasteiger partial charge in [0.05, 0.1) is 0 Å². The Balaban J connectivity index is 1.86. The van der Waals surface area contributed by atoms with Gasteiger partial charge in [-0.05, 0) is 42.3 Å². The summed E-state index contributed by atoms with van der Waals surface area (Å²) in [7, 11) is 1.58. The van der Waals surface area contributed by atoms with Gasteiger partial charge in [-0.1, -0.05) is 71.8 Å². The van der Waals surface area contributed by atoms with Crippen molar-refractivity contribution in [2.24, 2.45) is 0 Å². The zero-order valence-electron chi connectivity index (χ0n) is 18.3. The van der Waals surface area contributed by atoms with Crippen molar-refractivity contribution >= 4 is 23.4 Å². The molecule has 166 valence electrons. The van der Waals surface area contributed by atoms with Gasteiger partial charge in [-0.25, -0.2) is 0 Å². The lowest BCUT2D eigenvalue weighted by atomic mass is 10.0. The average molecular weight is 451 g/mol. The monoisotopic (exact) mass is 450 g/mol. The largest absolute Gasteiger partial charge is 0.484 e. The molecule has 0 aliphatic heterocycles. The maximum Gasteiger partial charge on any atom is 0.261 e. The normalized spacial score (nSPS) is 11.5. The molecular formula is C26H27ClN2O3. The topological polar surface area (TPSA) is 58.6 Å². The SMILES string of the molecule is CNC(=O)C(Cc1ccccc1)N(Cc1cccc(C)c1)C(=O)COc1ccc(Cl)cc1. The Morgan fingerprint density at radius 3 is 2.31 bits per heavy atom.